The molecule has 2 atom stereocenters. The average molecular weight is 356 g/mol. The van der Waals surface area contributed by atoms with Crippen LogP contribution in [0.1, 0.15) is 30.6 Å². The van der Waals surface area contributed by atoms with Gasteiger partial charge in [0, 0.05) is 19.1 Å². The Bertz CT molecular complexity index is 746. The number of benzene rings is 1. The molecule has 1 amide bonds. The summed E-state index contributed by atoms with van der Waals surface area (Å²) in [6, 6.07) is 11.0. The number of furan rings is 1. The summed E-state index contributed by atoms with van der Waals surface area (Å²) in [5.74, 6) is 1.25. The van der Waals surface area contributed by atoms with E-state index in [-0.39, 0.29) is 18.1 Å². The van der Waals surface area contributed by atoms with Crippen LogP contribution < -0.4 is 0 Å². The minimum Gasteiger partial charge on any atom is -0.468 e. The van der Waals surface area contributed by atoms with Crippen LogP contribution in [0.4, 0.5) is 4.39 Å². The summed E-state index contributed by atoms with van der Waals surface area (Å²) in [7, 11) is 0. The van der Waals surface area contributed by atoms with Gasteiger partial charge in [-0.05, 0) is 55.5 Å². The molecule has 3 heterocycles. The van der Waals surface area contributed by atoms with Crippen LogP contribution in [-0.2, 0) is 17.8 Å². The highest BCUT2D eigenvalue weighted by atomic mass is 19.1. The molecule has 4 nitrogen and oxygen atoms in total. The van der Waals surface area contributed by atoms with Gasteiger partial charge in [0.25, 0.3) is 0 Å². The maximum atomic E-state index is 13.8. The van der Waals surface area contributed by atoms with Crippen LogP contribution in [0, 0.1) is 11.7 Å². The van der Waals surface area contributed by atoms with Crippen LogP contribution in [0.15, 0.2) is 47.1 Å². The molecule has 0 unspecified atom stereocenters. The maximum Gasteiger partial charge on any atom is 0.227 e. The van der Waals surface area contributed by atoms with Crippen molar-refractivity contribution >= 4 is 5.91 Å². The lowest BCUT2D eigenvalue weighted by Crippen LogP contribution is -2.55. The molecule has 1 aromatic carbocycles. The van der Waals surface area contributed by atoms with E-state index >= 15 is 0 Å². The van der Waals surface area contributed by atoms with E-state index in [0.29, 0.717) is 17.5 Å². The van der Waals surface area contributed by atoms with Gasteiger partial charge in [-0.3, -0.25) is 9.69 Å². The fourth-order valence-electron chi connectivity index (χ4n) is 4.45. The number of carbonyl (C=O) groups excluding carboxylic acids is 1. The largest absolute Gasteiger partial charge is 0.468 e. The number of halogens is 1. The molecule has 0 radical (unpaired) electrons. The van der Waals surface area contributed by atoms with Gasteiger partial charge in [-0.25, -0.2) is 4.39 Å². The third-order valence-electron chi connectivity index (χ3n) is 5.77. The molecule has 0 saturated carbocycles. The summed E-state index contributed by atoms with van der Waals surface area (Å²) in [4.78, 5) is 17.1. The Balaban J connectivity index is 1.38. The van der Waals surface area contributed by atoms with Crippen LogP contribution in [0.2, 0.25) is 0 Å². The fourth-order valence-corrected chi connectivity index (χ4v) is 4.45. The van der Waals surface area contributed by atoms with E-state index in [1.807, 2.05) is 17.0 Å². The second-order valence-electron chi connectivity index (χ2n) is 7.42. The molecule has 4 rings (SSSR count). The molecule has 2 saturated heterocycles. The first kappa shape index (κ1) is 17.3. The number of carbonyl (C=O) groups is 1. The number of hydrogen-bond donors (Lipinski definition) is 0. The molecule has 2 aliphatic rings. The number of likely N-dealkylation sites (tertiary alicyclic amines) is 2. The third kappa shape index (κ3) is 3.68. The monoisotopic (exact) mass is 356 g/mol. The minimum atomic E-state index is -0.293. The van der Waals surface area contributed by atoms with Crippen LogP contribution in [-0.4, -0.2) is 41.4 Å². The number of nitrogens with zero attached hydrogens (tertiary/aromatic N) is 2. The average Bonchev–Trinajstić information content (AvgIpc) is 3.16. The normalized spacial score (nSPS) is 23.7. The van der Waals surface area contributed by atoms with Gasteiger partial charge >= 0.3 is 0 Å². The lowest BCUT2D eigenvalue weighted by molar-refractivity contribution is -0.134. The standard InChI is InChI=1S/C21H25FN2O2/c22-19-8-2-1-5-16(19)13-21(25)24-11-9-20-17(14-24)6-3-10-23(20)15-18-7-4-12-26-18/h1-2,4-5,7-8,12,17,20H,3,6,9-11,13-15H2/t17-,20+/m1/s1. The van der Waals surface area contributed by atoms with Crippen molar-refractivity contribution in [2.75, 3.05) is 19.6 Å². The predicted octanol–water partition coefficient (Wildman–Crippen LogP) is 3.47. The Kier molecular flexibility index (Phi) is 5.07. The zero-order chi connectivity index (χ0) is 17.9. The quantitative estimate of drug-likeness (QED) is 0.842. The summed E-state index contributed by atoms with van der Waals surface area (Å²) in [6.07, 6.45) is 5.16. The summed E-state index contributed by atoms with van der Waals surface area (Å²) in [6.45, 7) is 3.47. The summed E-state index contributed by atoms with van der Waals surface area (Å²) in [5.41, 5.74) is 0.489. The Morgan fingerprint density at radius 3 is 2.85 bits per heavy atom. The lowest BCUT2D eigenvalue weighted by Gasteiger charge is -2.47. The number of hydrogen-bond acceptors (Lipinski definition) is 3. The highest BCUT2D eigenvalue weighted by molar-refractivity contribution is 5.79. The van der Waals surface area contributed by atoms with Crippen molar-refractivity contribution in [3.05, 3.63) is 59.8 Å². The van der Waals surface area contributed by atoms with Crippen LogP contribution in [0.3, 0.4) is 0 Å². The highest BCUT2D eigenvalue weighted by Gasteiger charge is 2.37. The molecular weight excluding hydrogens is 331 g/mol. The fraction of sp³-hybridized carbons (Fsp3) is 0.476. The summed E-state index contributed by atoms with van der Waals surface area (Å²) >= 11 is 0. The molecule has 2 aromatic rings. The highest BCUT2D eigenvalue weighted by Crippen LogP contribution is 2.32. The topological polar surface area (TPSA) is 36.7 Å². The molecule has 0 bridgehead atoms. The van der Waals surface area contributed by atoms with Crippen molar-refractivity contribution in [2.24, 2.45) is 5.92 Å². The van der Waals surface area contributed by atoms with Crippen LogP contribution >= 0.6 is 0 Å². The van der Waals surface area contributed by atoms with E-state index in [1.165, 1.54) is 6.07 Å². The zero-order valence-electron chi connectivity index (χ0n) is 14.9. The van der Waals surface area contributed by atoms with Gasteiger partial charge < -0.3 is 9.32 Å². The molecule has 1 aromatic heterocycles. The molecular formula is C21H25FN2O2. The molecule has 138 valence electrons. The van der Waals surface area contributed by atoms with Gasteiger partial charge in [0.2, 0.25) is 5.91 Å². The molecule has 0 aliphatic carbocycles. The first-order valence-electron chi connectivity index (χ1n) is 9.48. The number of fused-ring (bicyclic) bond motifs is 1. The zero-order valence-corrected chi connectivity index (χ0v) is 14.9. The minimum absolute atomic E-state index is 0.0386. The van der Waals surface area contributed by atoms with Crippen LogP contribution in [0.25, 0.3) is 0 Å². The molecule has 26 heavy (non-hydrogen) atoms. The van der Waals surface area contributed by atoms with Gasteiger partial charge in [-0.2, -0.15) is 0 Å². The number of rotatable bonds is 4. The van der Waals surface area contributed by atoms with E-state index in [2.05, 4.69) is 4.90 Å². The molecule has 0 N–H and O–H groups in total. The van der Waals surface area contributed by atoms with Crippen molar-refractivity contribution in [3.63, 3.8) is 0 Å². The Morgan fingerprint density at radius 1 is 1.15 bits per heavy atom. The SMILES string of the molecule is O=C(Cc1ccccc1F)N1CC[C@H]2[C@H](CCCN2Cc2ccco2)C1. The van der Waals surface area contributed by atoms with E-state index in [9.17, 15) is 9.18 Å². The van der Waals surface area contributed by atoms with E-state index < -0.39 is 0 Å². The first-order valence-corrected chi connectivity index (χ1v) is 9.48. The first-order chi connectivity index (χ1) is 12.7. The van der Waals surface area contributed by atoms with Crippen molar-refractivity contribution < 1.29 is 13.6 Å². The van der Waals surface area contributed by atoms with E-state index in [1.54, 1.807) is 24.5 Å². The lowest BCUT2D eigenvalue weighted by atomic mass is 9.83. The van der Waals surface area contributed by atoms with E-state index in [4.69, 9.17) is 4.42 Å². The summed E-state index contributed by atoms with van der Waals surface area (Å²) < 4.78 is 19.3. The Hall–Kier alpha value is -2.14. The van der Waals surface area contributed by atoms with Gasteiger partial charge in [0.05, 0.1) is 19.2 Å². The predicted molar refractivity (Wildman–Crippen MR) is 96.9 cm³/mol. The number of amides is 1. The van der Waals surface area contributed by atoms with Crippen molar-refractivity contribution in [2.45, 2.75) is 38.3 Å². The summed E-state index contributed by atoms with van der Waals surface area (Å²) in [5, 5.41) is 0. The van der Waals surface area contributed by atoms with Gasteiger partial charge in [-0.15, -0.1) is 0 Å². The van der Waals surface area contributed by atoms with E-state index in [0.717, 1.165) is 51.2 Å². The molecule has 2 fully saturated rings. The maximum absolute atomic E-state index is 13.8. The second-order valence-corrected chi connectivity index (χ2v) is 7.42. The third-order valence-corrected chi connectivity index (χ3v) is 5.77. The molecule has 0 spiro atoms. The second kappa shape index (κ2) is 7.62. The number of piperidine rings is 2. The molecule has 5 heteroatoms. The van der Waals surface area contributed by atoms with Gasteiger partial charge in [-0.1, -0.05) is 18.2 Å². The van der Waals surface area contributed by atoms with Crippen molar-refractivity contribution in [1.82, 2.24) is 9.80 Å². The van der Waals surface area contributed by atoms with Crippen molar-refractivity contribution in [3.8, 4) is 0 Å². The molecule has 2 aliphatic heterocycles. The van der Waals surface area contributed by atoms with Gasteiger partial charge in [0.1, 0.15) is 11.6 Å². The Morgan fingerprint density at radius 2 is 2.04 bits per heavy atom. The van der Waals surface area contributed by atoms with Gasteiger partial charge in [0.15, 0.2) is 0 Å². The smallest absolute Gasteiger partial charge is 0.227 e. The Labute approximate surface area is 153 Å². The van der Waals surface area contributed by atoms with Crippen LogP contribution in [0.5, 0.6) is 0 Å². The van der Waals surface area contributed by atoms with Crippen molar-refractivity contribution in [1.29, 1.82) is 0 Å².